The highest BCUT2D eigenvalue weighted by molar-refractivity contribution is 8.00. The molecule has 4 rings (SSSR count). The van der Waals surface area contributed by atoms with Crippen LogP contribution in [0.25, 0.3) is 11.1 Å². The van der Waals surface area contributed by atoms with E-state index < -0.39 is 5.97 Å². The van der Waals surface area contributed by atoms with Gasteiger partial charge in [-0.2, -0.15) is 0 Å². The van der Waals surface area contributed by atoms with Crippen molar-refractivity contribution < 1.29 is 23.8 Å². The van der Waals surface area contributed by atoms with E-state index in [9.17, 15) is 9.59 Å². The summed E-state index contributed by atoms with van der Waals surface area (Å²) in [6, 6.07) is 7.34. The third-order valence-corrected chi connectivity index (χ3v) is 7.17. The zero-order chi connectivity index (χ0) is 23.4. The maximum absolute atomic E-state index is 13.1. The van der Waals surface area contributed by atoms with Crippen molar-refractivity contribution in [1.82, 2.24) is 9.97 Å². The van der Waals surface area contributed by atoms with Gasteiger partial charge in [-0.25, -0.2) is 14.8 Å². The number of methoxy groups -OCH3 is 1. The van der Waals surface area contributed by atoms with Gasteiger partial charge in [-0.05, 0) is 37.1 Å². The molecule has 1 amide bonds. The minimum Gasteiger partial charge on any atom is -0.486 e. The van der Waals surface area contributed by atoms with Gasteiger partial charge in [-0.3, -0.25) is 4.79 Å². The Morgan fingerprint density at radius 1 is 1.21 bits per heavy atom. The van der Waals surface area contributed by atoms with Crippen molar-refractivity contribution in [1.29, 1.82) is 0 Å². The fraction of sp³-hybridized carbons (Fsp3) is 0.304. The zero-order valence-corrected chi connectivity index (χ0v) is 20.0. The lowest BCUT2D eigenvalue weighted by Crippen LogP contribution is -2.25. The van der Waals surface area contributed by atoms with Crippen molar-refractivity contribution in [3.63, 3.8) is 0 Å². The van der Waals surface area contributed by atoms with Gasteiger partial charge in [0.25, 0.3) is 0 Å². The van der Waals surface area contributed by atoms with E-state index in [2.05, 4.69) is 15.3 Å². The van der Waals surface area contributed by atoms with E-state index in [1.54, 1.807) is 0 Å². The van der Waals surface area contributed by atoms with Crippen LogP contribution in [0.4, 0.5) is 5.00 Å². The summed E-state index contributed by atoms with van der Waals surface area (Å²) in [4.78, 5) is 34.1. The highest BCUT2D eigenvalue weighted by Crippen LogP contribution is 2.40. The Balaban J connectivity index is 1.60. The maximum Gasteiger partial charge on any atom is 0.341 e. The summed E-state index contributed by atoms with van der Waals surface area (Å²) in [5.41, 5.74) is 2.57. The second-order valence-corrected chi connectivity index (χ2v) is 9.31. The van der Waals surface area contributed by atoms with Gasteiger partial charge >= 0.3 is 5.97 Å². The molecule has 8 nitrogen and oxygen atoms in total. The second kappa shape index (κ2) is 10.2. The van der Waals surface area contributed by atoms with Crippen molar-refractivity contribution in [3.8, 4) is 22.6 Å². The molecule has 0 spiro atoms. The van der Waals surface area contributed by atoms with Crippen LogP contribution < -0.4 is 14.8 Å². The highest BCUT2D eigenvalue weighted by atomic mass is 32.2. The molecule has 1 atom stereocenters. The predicted molar refractivity (Wildman–Crippen MR) is 127 cm³/mol. The Kier molecular flexibility index (Phi) is 7.14. The van der Waals surface area contributed by atoms with Gasteiger partial charge in [0.1, 0.15) is 35.1 Å². The van der Waals surface area contributed by atoms with Crippen molar-refractivity contribution in [3.05, 3.63) is 47.2 Å². The normalized spacial score (nSPS) is 13.3. The maximum atomic E-state index is 13.1. The number of aryl methyl sites for hydroxylation is 1. The molecule has 1 unspecified atom stereocenters. The number of fused-ring (bicyclic) bond motifs is 1. The first-order chi connectivity index (χ1) is 16.0. The SMILES string of the molecule is CCC(Sc1cc(C)ncn1)C(=O)Nc1scc(-c2ccc3c(c2)OCCO3)c1C(=O)OC. The Morgan fingerprint density at radius 3 is 2.73 bits per heavy atom. The zero-order valence-electron chi connectivity index (χ0n) is 18.4. The third-order valence-electron chi connectivity index (χ3n) is 4.98. The quantitative estimate of drug-likeness (QED) is 0.295. The van der Waals surface area contributed by atoms with E-state index in [4.69, 9.17) is 14.2 Å². The molecule has 3 aromatic rings. The predicted octanol–water partition coefficient (Wildman–Crippen LogP) is 4.58. The average molecular weight is 486 g/mol. The van der Waals surface area contributed by atoms with E-state index in [0.717, 1.165) is 16.3 Å². The fourth-order valence-electron chi connectivity index (χ4n) is 3.33. The molecule has 0 aliphatic carbocycles. The van der Waals surface area contributed by atoms with Crippen LogP contribution in [-0.4, -0.2) is 47.4 Å². The number of hydrogen-bond donors (Lipinski definition) is 1. The molecule has 172 valence electrons. The van der Waals surface area contributed by atoms with Crippen LogP contribution in [0.2, 0.25) is 0 Å². The molecule has 1 N–H and O–H groups in total. The second-order valence-electron chi connectivity index (χ2n) is 7.21. The lowest BCUT2D eigenvalue weighted by atomic mass is 10.0. The molecule has 33 heavy (non-hydrogen) atoms. The highest BCUT2D eigenvalue weighted by Gasteiger charge is 2.26. The minimum absolute atomic E-state index is 0.209. The molecule has 1 aromatic carbocycles. The number of amides is 1. The lowest BCUT2D eigenvalue weighted by molar-refractivity contribution is -0.115. The molecule has 0 saturated heterocycles. The molecule has 0 fully saturated rings. The number of anilines is 1. The number of carbonyl (C=O) groups excluding carboxylic acids is 2. The Hall–Kier alpha value is -3.11. The lowest BCUT2D eigenvalue weighted by Gasteiger charge is -2.19. The molecular weight excluding hydrogens is 462 g/mol. The number of nitrogens with zero attached hydrogens (tertiary/aromatic N) is 2. The summed E-state index contributed by atoms with van der Waals surface area (Å²) in [7, 11) is 1.32. The van der Waals surface area contributed by atoms with Gasteiger partial charge in [0, 0.05) is 16.6 Å². The molecule has 0 bridgehead atoms. The number of ether oxygens (including phenoxy) is 3. The summed E-state index contributed by atoms with van der Waals surface area (Å²) in [6.07, 6.45) is 2.07. The molecule has 10 heteroatoms. The van der Waals surface area contributed by atoms with Crippen LogP contribution >= 0.6 is 23.1 Å². The molecule has 1 aliphatic heterocycles. The topological polar surface area (TPSA) is 99.6 Å². The standard InChI is InChI=1S/C23H23N3O5S2/c1-4-18(33-19-9-13(2)24-12-25-19)21(27)26-22-20(23(28)29-3)15(11-32-22)14-5-6-16-17(10-14)31-8-7-30-16/h5-6,9-12,18H,4,7-8H2,1-3H3,(H,26,27). The molecule has 3 heterocycles. The van der Waals surface area contributed by atoms with E-state index in [1.807, 2.05) is 43.5 Å². The summed E-state index contributed by atoms with van der Waals surface area (Å²) in [6.45, 7) is 4.77. The van der Waals surface area contributed by atoms with Gasteiger partial charge in [0.05, 0.1) is 12.4 Å². The number of rotatable bonds is 7. The van der Waals surface area contributed by atoms with Gasteiger partial charge < -0.3 is 19.5 Å². The number of aromatic nitrogens is 2. The molecule has 1 aliphatic rings. The average Bonchev–Trinajstić information content (AvgIpc) is 3.25. The number of benzene rings is 1. The number of esters is 1. The van der Waals surface area contributed by atoms with Crippen LogP contribution in [0.1, 0.15) is 29.4 Å². The summed E-state index contributed by atoms with van der Waals surface area (Å²) >= 11 is 2.64. The van der Waals surface area contributed by atoms with Crippen LogP contribution in [0.15, 0.2) is 41.0 Å². The van der Waals surface area contributed by atoms with Crippen LogP contribution in [0, 0.1) is 6.92 Å². The van der Waals surface area contributed by atoms with Gasteiger partial charge in [-0.15, -0.1) is 11.3 Å². The van der Waals surface area contributed by atoms with Crippen LogP contribution in [0.5, 0.6) is 11.5 Å². The molecule has 0 radical (unpaired) electrons. The van der Waals surface area contributed by atoms with E-state index >= 15 is 0 Å². The van der Waals surface area contributed by atoms with Crippen molar-refractivity contribution in [2.45, 2.75) is 30.5 Å². The molecular formula is C23H23N3O5S2. The fourth-order valence-corrected chi connectivity index (χ4v) is 5.26. The number of thioether (sulfide) groups is 1. The van der Waals surface area contributed by atoms with Gasteiger partial charge in [0.15, 0.2) is 11.5 Å². The van der Waals surface area contributed by atoms with Gasteiger partial charge in [0.2, 0.25) is 5.91 Å². The Labute approximate surface area is 199 Å². The first kappa shape index (κ1) is 23.1. The van der Waals surface area contributed by atoms with Crippen molar-refractivity contribution >= 4 is 40.0 Å². The first-order valence-electron chi connectivity index (χ1n) is 10.4. The smallest absolute Gasteiger partial charge is 0.341 e. The first-order valence-corrected chi connectivity index (χ1v) is 12.1. The number of carbonyl (C=O) groups is 2. The number of hydrogen-bond acceptors (Lipinski definition) is 9. The van der Waals surface area contributed by atoms with Crippen LogP contribution in [0.3, 0.4) is 0 Å². The van der Waals surface area contributed by atoms with E-state index in [0.29, 0.717) is 47.3 Å². The Morgan fingerprint density at radius 2 is 2.00 bits per heavy atom. The number of nitrogens with one attached hydrogen (secondary N) is 1. The summed E-state index contributed by atoms with van der Waals surface area (Å²) < 4.78 is 16.3. The van der Waals surface area contributed by atoms with Crippen molar-refractivity contribution in [2.75, 3.05) is 25.6 Å². The third kappa shape index (κ3) is 5.12. The van der Waals surface area contributed by atoms with Crippen molar-refractivity contribution in [2.24, 2.45) is 0 Å². The Bertz CT molecular complexity index is 1180. The van der Waals surface area contributed by atoms with Crippen LogP contribution in [-0.2, 0) is 9.53 Å². The van der Waals surface area contributed by atoms with E-state index in [1.165, 1.54) is 36.5 Å². The largest absolute Gasteiger partial charge is 0.486 e. The number of thiophene rings is 1. The molecule has 0 saturated carbocycles. The molecule has 2 aromatic heterocycles. The van der Waals surface area contributed by atoms with E-state index in [-0.39, 0.29) is 11.2 Å². The summed E-state index contributed by atoms with van der Waals surface area (Å²) in [5, 5.41) is 5.53. The monoisotopic (exact) mass is 485 g/mol. The minimum atomic E-state index is -0.524. The summed E-state index contributed by atoms with van der Waals surface area (Å²) in [5.74, 6) is 0.549. The van der Waals surface area contributed by atoms with Gasteiger partial charge in [-0.1, -0.05) is 24.8 Å².